The summed E-state index contributed by atoms with van der Waals surface area (Å²) in [5.41, 5.74) is 0. The van der Waals surface area contributed by atoms with Crippen LogP contribution < -0.4 is 0 Å². The zero-order valence-corrected chi connectivity index (χ0v) is 12.2. The average Bonchev–Trinajstić information content (AvgIpc) is 2.27. The molecule has 0 bridgehead atoms. The number of nitrogens with zero attached hydrogens (tertiary/aromatic N) is 1. The highest BCUT2D eigenvalue weighted by Gasteiger charge is 2.35. The van der Waals surface area contributed by atoms with Crippen molar-refractivity contribution in [2.75, 3.05) is 6.26 Å². The molecule has 0 saturated heterocycles. The van der Waals surface area contributed by atoms with Crippen LogP contribution in [0.5, 0.6) is 0 Å². The standard InChI is InChI=1S/C12H22N2O4S/c1-9(13)14(19(2,17)18)11(12(15)16)8-10-6-4-3-5-7-10/h10-11,13H,3-8H2,1-2H3,(H,15,16). The summed E-state index contributed by atoms with van der Waals surface area (Å²) < 4.78 is 24.1. The summed E-state index contributed by atoms with van der Waals surface area (Å²) in [6.45, 7) is 1.30. The van der Waals surface area contributed by atoms with Crippen LogP contribution in [-0.4, -0.2) is 41.9 Å². The van der Waals surface area contributed by atoms with E-state index in [1.807, 2.05) is 0 Å². The number of aliphatic carboxylic acids is 1. The average molecular weight is 290 g/mol. The zero-order chi connectivity index (χ0) is 14.6. The topological polar surface area (TPSA) is 98.5 Å². The summed E-state index contributed by atoms with van der Waals surface area (Å²) >= 11 is 0. The molecule has 1 rings (SSSR count). The largest absolute Gasteiger partial charge is 0.480 e. The van der Waals surface area contributed by atoms with Gasteiger partial charge in [-0.05, 0) is 19.3 Å². The van der Waals surface area contributed by atoms with Gasteiger partial charge in [0.05, 0.1) is 6.26 Å². The molecular weight excluding hydrogens is 268 g/mol. The van der Waals surface area contributed by atoms with Crippen molar-refractivity contribution in [3.8, 4) is 0 Å². The number of sulfonamides is 1. The molecule has 0 aromatic heterocycles. The van der Waals surface area contributed by atoms with Crippen molar-refractivity contribution in [2.24, 2.45) is 5.92 Å². The van der Waals surface area contributed by atoms with Crippen LogP contribution in [0.2, 0.25) is 0 Å². The lowest BCUT2D eigenvalue weighted by Crippen LogP contribution is -2.48. The van der Waals surface area contributed by atoms with Crippen LogP contribution in [0.3, 0.4) is 0 Å². The van der Waals surface area contributed by atoms with Crippen LogP contribution in [0.4, 0.5) is 0 Å². The van der Waals surface area contributed by atoms with E-state index in [1.54, 1.807) is 0 Å². The van der Waals surface area contributed by atoms with E-state index in [2.05, 4.69) is 0 Å². The van der Waals surface area contributed by atoms with Gasteiger partial charge in [-0.3, -0.25) is 5.41 Å². The van der Waals surface area contributed by atoms with E-state index in [-0.39, 0.29) is 11.8 Å². The van der Waals surface area contributed by atoms with Crippen molar-refractivity contribution in [3.63, 3.8) is 0 Å². The Hall–Kier alpha value is -1.11. The number of carbonyl (C=O) groups is 1. The van der Waals surface area contributed by atoms with Crippen LogP contribution in [0, 0.1) is 11.3 Å². The number of amidine groups is 1. The second kappa shape index (κ2) is 6.36. The Morgan fingerprint density at radius 1 is 1.37 bits per heavy atom. The van der Waals surface area contributed by atoms with E-state index in [0.29, 0.717) is 6.42 Å². The molecule has 0 spiro atoms. The number of hydrogen-bond donors (Lipinski definition) is 2. The molecule has 0 amide bonds. The molecule has 1 aliphatic rings. The number of rotatable bonds is 5. The van der Waals surface area contributed by atoms with Crippen molar-refractivity contribution in [1.82, 2.24) is 4.31 Å². The van der Waals surface area contributed by atoms with Crippen LogP contribution in [-0.2, 0) is 14.8 Å². The smallest absolute Gasteiger partial charge is 0.327 e. The van der Waals surface area contributed by atoms with Crippen LogP contribution in [0.15, 0.2) is 0 Å². The maximum Gasteiger partial charge on any atom is 0.327 e. The molecule has 110 valence electrons. The summed E-state index contributed by atoms with van der Waals surface area (Å²) in [4.78, 5) is 11.4. The maximum absolute atomic E-state index is 11.7. The first-order chi connectivity index (χ1) is 8.73. The third-order valence-corrected chi connectivity index (χ3v) is 4.78. The lowest BCUT2D eigenvalue weighted by molar-refractivity contribution is -0.141. The Morgan fingerprint density at radius 2 is 1.89 bits per heavy atom. The molecule has 7 heteroatoms. The third kappa shape index (κ3) is 4.49. The molecule has 0 aliphatic heterocycles. The number of nitrogens with one attached hydrogen (secondary N) is 1. The van der Waals surface area contributed by atoms with Gasteiger partial charge < -0.3 is 5.11 Å². The molecule has 6 nitrogen and oxygen atoms in total. The SMILES string of the molecule is CC(=N)N(C(CC1CCCCC1)C(=O)O)S(C)(=O)=O. The second-order valence-electron chi connectivity index (χ2n) is 5.24. The van der Waals surface area contributed by atoms with Gasteiger partial charge >= 0.3 is 5.97 Å². The zero-order valence-electron chi connectivity index (χ0n) is 11.4. The van der Waals surface area contributed by atoms with E-state index >= 15 is 0 Å². The fourth-order valence-electron chi connectivity index (χ4n) is 2.75. The Balaban J connectivity index is 2.91. The third-order valence-electron chi connectivity index (χ3n) is 3.54. The van der Waals surface area contributed by atoms with E-state index in [4.69, 9.17) is 5.41 Å². The van der Waals surface area contributed by atoms with Gasteiger partial charge in [0.1, 0.15) is 11.9 Å². The van der Waals surface area contributed by atoms with E-state index in [0.717, 1.165) is 42.7 Å². The summed E-state index contributed by atoms with van der Waals surface area (Å²) in [6, 6.07) is -1.16. The first kappa shape index (κ1) is 15.9. The first-order valence-electron chi connectivity index (χ1n) is 6.51. The fourth-order valence-corrected chi connectivity index (χ4v) is 3.89. The van der Waals surface area contributed by atoms with Crippen LogP contribution in [0.1, 0.15) is 45.4 Å². The lowest BCUT2D eigenvalue weighted by atomic mass is 9.85. The molecule has 1 fully saturated rings. The highest BCUT2D eigenvalue weighted by atomic mass is 32.2. The Bertz CT molecular complexity index is 441. The predicted octanol–water partition coefficient (Wildman–Crippen LogP) is 1.67. The molecule has 0 aromatic rings. The summed E-state index contributed by atoms with van der Waals surface area (Å²) in [5.74, 6) is -1.19. The van der Waals surface area contributed by atoms with Crippen molar-refractivity contribution in [1.29, 1.82) is 5.41 Å². The summed E-state index contributed by atoms with van der Waals surface area (Å²) in [6.07, 6.45) is 6.42. The molecule has 1 atom stereocenters. The van der Waals surface area contributed by atoms with Crippen LogP contribution >= 0.6 is 0 Å². The molecule has 2 N–H and O–H groups in total. The second-order valence-corrected chi connectivity index (χ2v) is 7.10. The molecular formula is C12H22N2O4S. The first-order valence-corrected chi connectivity index (χ1v) is 8.35. The van der Waals surface area contributed by atoms with E-state index in [9.17, 15) is 18.3 Å². The van der Waals surface area contributed by atoms with Gasteiger partial charge in [-0.15, -0.1) is 0 Å². The van der Waals surface area contributed by atoms with Gasteiger partial charge in [0.25, 0.3) is 0 Å². The molecule has 0 radical (unpaired) electrons. The molecule has 1 unspecified atom stereocenters. The minimum absolute atomic E-state index is 0.235. The molecule has 19 heavy (non-hydrogen) atoms. The Kier molecular flexibility index (Phi) is 5.34. The van der Waals surface area contributed by atoms with Crippen molar-refractivity contribution < 1.29 is 18.3 Å². The Morgan fingerprint density at radius 3 is 2.26 bits per heavy atom. The maximum atomic E-state index is 11.7. The van der Waals surface area contributed by atoms with Crippen molar-refractivity contribution >= 4 is 21.8 Å². The minimum atomic E-state index is -3.73. The molecule has 1 saturated carbocycles. The predicted molar refractivity (Wildman–Crippen MR) is 72.7 cm³/mol. The normalized spacial score (nSPS) is 18.8. The van der Waals surface area contributed by atoms with Gasteiger partial charge in [0.2, 0.25) is 10.0 Å². The lowest BCUT2D eigenvalue weighted by Gasteiger charge is -2.31. The highest BCUT2D eigenvalue weighted by Crippen LogP contribution is 2.29. The number of hydrogen-bond acceptors (Lipinski definition) is 4. The molecule has 0 heterocycles. The van der Waals surface area contributed by atoms with Gasteiger partial charge in [-0.2, -0.15) is 0 Å². The number of carboxylic acid groups (broad SMARTS) is 1. The fraction of sp³-hybridized carbons (Fsp3) is 0.833. The van der Waals surface area contributed by atoms with Crippen LogP contribution in [0.25, 0.3) is 0 Å². The molecule has 1 aliphatic carbocycles. The monoisotopic (exact) mass is 290 g/mol. The van der Waals surface area contributed by atoms with Gasteiger partial charge in [-0.1, -0.05) is 32.1 Å². The Labute approximate surface area is 114 Å². The molecule has 0 aromatic carbocycles. The van der Waals surface area contributed by atoms with Gasteiger partial charge in [-0.25, -0.2) is 17.5 Å². The minimum Gasteiger partial charge on any atom is -0.480 e. The number of carboxylic acids is 1. The van der Waals surface area contributed by atoms with Gasteiger partial charge in [0.15, 0.2) is 0 Å². The highest BCUT2D eigenvalue weighted by molar-refractivity contribution is 7.88. The van der Waals surface area contributed by atoms with E-state index < -0.39 is 22.0 Å². The summed E-state index contributed by atoms with van der Waals surface area (Å²) in [5, 5.41) is 16.8. The quantitative estimate of drug-likeness (QED) is 0.594. The van der Waals surface area contributed by atoms with E-state index in [1.165, 1.54) is 6.92 Å². The van der Waals surface area contributed by atoms with Crippen molar-refractivity contribution in [3.05, 3.63) is 0 Å². The summed E-state index contributed by atoms with van der Waals surface area (Å²) in [7, 11) is -3.73. The van der Waals surface area contributed by atoms with Gasteiger partial charge in [0, 0.05) is 0 Å². The van der Waals surface area contributed by atoms with Crippen molar-refractivity contribution in [2.45, 2.75) is 51.5 Å².